The van der Waals surface area contributed by atoms with Crippen LogP contribution in [0.25, 0.3) is 0 Å². The molecule has 3 nitrogen and oxygen atoms in total. The molecule has 2 saturated heterocycles. The molecule has 3 heteroatoms. The Morgan fingerprint density at radius 3 is 2.29 bits per heavy atom. The van der Waals surface area contributed by atoms with Gasteiger partial charge in [-0.25, -0.2) is 0 Å². The average molecular weight is 198 g/mol. The van der Waals surface area contributed by atoms with Crippen molar-refractivity contribution in [2.45, 2.75) is 32.4 Å². The number of likely N-dealkylation sites (tertiary alicyclic amines) is 1. The zero-order valence-corrected chi connectivity index (χ0v) is 9.24. The smallest absolute Gasteiger partial charge is 0.0831 e. The third-order valence-electron chi connectivity index (χ3n) is 3.52. The number of β-amino-alcohol motifs (C(OH)–C–C–N with tert-alkyl or cyclic N) is 1. The highest BCUT2D eigenvalue weighted by molar-refractivity contribution is 4.91. The van der Waals surface area contributed by atoms with Crippen LogP contribution in [0.3, 0.4) is 0 Å². The van der Waals surface area contributed by atoms with Crippen molar-refractivity contribution >= 4 is 0 Å². The highest BCUT2D eigenvalue weighted by Gasteiger charge is 2.34. The number of aliphatic hydroxyl groups is 1. The number of nitrogens with one attached hydrogen (secondary N) is 1. The average Bonchev–Trinajstić information content (AvgIpc) is 2.49. The maximum atomic E-state index is 9.81. The van der Waals surface area contributed by atoms with E-state index >= 15 is 0 Å². The predicted octanol–water partition coefficient (Wildman–Crippen LogP) is 0.297. The summed E-state index contributed by atoms with van der Waals surface area (Å²) in [6, 6.07) is 0.361. The van der Waals surface area contributed by atoms with Crippen molar-refractivity contribution in [2.75, 3.05) is 26.2 Å². The van der Waals surface area contributed by atoms with Crippen LogP contribution < -0.4 is 5.32 Å². The first kappa shape index (κ1) is 10.4. The second kappa shape index (κ2) is 4.17. The van der Waals surface area contributed by atoms with Gasteiger partial charge in [0.2, 0.25) is 0 Å². The lowest BCUT2D eigenvalue weighted by Gasteiger charge is -2.39. The van der Waals surface area contributed by atoms with Gasteiger partial charge >= 0.3 is 0 Å². The zero-order chi connectivity index (χ0) is 10.1. The summed E-state index contributed by atoms with van der Waals surface area (Å²) in [7, 11) is 0. The van der Waals surface area contributed by atoms with Gasteiger partial charge in [-0.1, -0.05) is 13.8 Å². The zero-order valence-electron chi connectivity index (χ0n) is 9.24. The fraction of sp³-hybridized carbons (Fsp3) is 1.00. The van der Waals surface area contributed by atoms with Gasteiger partial charge in [-0.05, 0) is 18.3 Å². The van der Waals surface area contributed by atoms with Gasteiger partial charge in [-0.3, -0.25) is 4.90 Å². The van der Waals surface area contributed by atoms with Gasteiger partial charge in [0, 0.05) is 32.2 Å². The molecule has 0 saturated carbocycles. The van der Waals surface area contributed by atoms with Gasteiger partial charge in [0.25, 0.3) is 0 Å². The summed E-state index contributed by atoms with van der Waals surface area (Å²) in [6.45, 7) is 8.68. The monoisotopic (exact) mass is 198 g/mol. The minimum absolute atomic E-state index is 0.160. The Bertz CT molecular complexity index is 188. The molecular formula is C11H22N2O. The summed E-state index contributed by atoms with van der Waals surface area (Å²) in [6.07, 6.45) is 1.18. The highest BCUT2D eigenvalue weighted by Crippen LogP contribution is 2.24. The third kappa shape index (κ3) is 2.10. The number of hydrogen-bond donors (Lipinski definition) is 2. The van der Waals surface area contributed by atoms with Crippen molar-refractivity contribution in [1.82, 2.24) is 10.2 Å². The molecular weight excluding hydrogens is 176 g/mol. The Balaban J connectivity index is 1.95. The van der Waals surface area contributed by atoms with Crippen molar-refractivity contribution in [3.05, 3.63) is 0 Å². The molecule has 0 amide bonds. The van der Waals surface area contributed by atoms with Crippen LogP contribution in [0.1, 0.15) is 20.3 Å². The first-order valence-electron chi connectivity index (χ1n) is 5.79. The van der Waals surface area contributed by atoms with Crippen LogP contribution in [-0.2, 0) is 0 Å². The predicted molar refractivity (Wildman–Crippen MR) is 57.2 cm³/mol. The molecule has 2 aliphatic rings. The molecule has 82 valence electrons. The van der Waals surface area contributed by atoms with E-state index in [-0.39, 0.29) is 6.10 Å². The molecule has 14 heavy (non-hydrogen) atoms. The fourth-order valence-corrected chi connectivity index (χ4v) is 3.01. The molecule has 0 radical (unpaired) electrons. The van der Waals surface area contributed by atoms with E-state index in [0.717, 1.165) is 38.0 Å². The van der Waals surface area contributed by atoms with Gasteiger partial charge in [0.15, 0.2) is 0 Å². The van der Waals surface area contributed by atoms with Gasteiger partial charge < -0.3 is 10.4 Å². The molecule has 0 aromatic heterocycles. The van der Waals surface area contributed by atoms with Crippen molar-refractivity contribution in [1.29, 1.82) is 0 Å². The standard InChI is InChI=1S/C11H22N2O/c1-8-3-9(2)7-13(6-8)10-4-12-5-11(10)14/h8-12,14H,3-7H2,1-2H3. The van der Waals surface area contributed by atoms with E-state index in [9.17, 15) is 5.11 Å². The van der Waals surface area contributed by atoms with E-state index in [2.05, 4.69) is 24.1 Å². The van der Waals surface area contributed by atoms with Crippen LogP contribution in [0, 0.1) is 11.8 Å². The van der Waals surface area contributed by atoms with Crippen LogP contribution in [0.4, 0.5) is 0 Å². The normalized spacial score (nSPS) is 45.6. The van der Waals surface area contributed by atoms with Crippen LogP contribution in [0.2, 0.25) is 0 Å². The maximum absolute atomic E-state index is 9.81. The SMILES string of the molecule is CC1CC(C)CN(C2CNCC2O)C1. The minimum Gasteiger partial charge on any atom is -0.390 e. The first-order valence-corrected chi connectivity index (χ1v) is 5.79. The summed E-state index contributed by atoms with van der Waals surface area (Å²) in [5.74, 6) is 1.57. The number of piperidine rings is 1. The summed E-state index contributed by atoms with van der Waals surface area (Å²) in [4.78, 5) is 2.48. The van der Waals surface area contributed by atoms with Gasteiger partial charge in [0.1, 0.15) is 0 Å². The second-order valence-corrected chi connectivity index (χ2v) is 5.19. The molecule has 0 aromatic carbocycles. The second-order valence-electron chi connectivity index (χ2n) is 5.19. The molecule has 0 spiro atoms. The molecule has 2 fully saturated rings. The van der Waals surface area contributed by atoms with Gasteiger partial charge in [-0.2, -0.15) is 0 Å². The Kier molecular flexibility index (Phi) is 3.10. The Morgan fingerprint density at radius 2 is 1.79 bits per heavy atom. The van der Waals surface area contributed by atoms with Crippen molar-refractivity contribution in [2.24, 2.45) is 11.8 Å². The van der Waals surface area contributed by atoms with Crippen LogP contribution in [0.5, 0.6) is 0 Å². The van der Waals surface area contributed by atoms with E-state index in [1.54, 1.807) is 0 Å². The maximum Gasteiger partial charge on any atom is 0.0831 e. The number of hydrogen-bond acceptors (Lipinski definition) is 3. The summed E-state index contributed by atoms with van der Waals surface area (Å²) >= 11 is 0. The Labute approximate surface area is 86.5 Å². The summed E-state index contributed by atoms with van der Waals surface area (Å²) in [5, 5.41) is 13.1. The fourth-order valence-electron chi connectivity index (χ4n) is 3.01. The third-order valence-corrected chi connectivity index (χ3v) is 3.52. The molecule has 2 N–H and O–H groups in total. The van der Waals surface area contributed by atoms with Gasteiger partial charge in [-0.15, -0.1) is 0 Å². The first-order chi connectivity index (χ1) is 6.66. The minimum atomic E-state index is -0.160. The molecule has 0 bridgehead atoms. The molecule has 2 heterocycles. The van der Waals surface area contributed by atoms with E-state index in [1.807, 2.05) is 0 Å². The summed E-state index contributed by atoms with van der Waals surface area (Å²) in [5.41, 5.74) is 0. The largest absolute Gasteiger partial charge is 0.390 e. The number of aliphatic hydroxyl groups excluding tert-OH is 1. The van der Waals surface area contributed by atoms with E-state index in [0.29, 0.717) is 6.04 Å². The molecule has 4 unspecified atom stereocenters. The van der Waals surface area contributed by atoms with Crippen molar-refractivity contribution < 1.29 is 5.11 Å². The van der Waals surface area contributed by atoms with E-state index < -0.39 is 0 Å². The lowest BCUT2D eigenvalue weighted by atomic mass is 9.90. The number of rotatable bonds is 1. The molecule has 4 atom stereocenters. The van der Waals surface area contributed by atoms with Gasteiger partial charge in [0.05, 0.1) is 6.10 Å². The highest BCUT2D eigenvalue weighted by atomic mass is 16.3. The van der Waals surface area contributed by atoms with Crippen LogP contribution in [0.15, 0.2) is 0 Å². The molecule has 0 aliphatic carbocycles. The van der Waals surface area contributed by atoms with E-state index in [1.165, 1.54) is 6.42 Å². The lowest BCUT2D eigenvalue weighted by molar-refractivity contribution is 0.0396. The van der Waals surface area contributed by atoms with Crippen LogP contribution in [-0.4, -0.2) is 48.3 Å². The quantitative estimate of drug-likeness (QED) is 0.636. The summed E-state index contributed by atoms with van der Waals surface area (Å²) < 4.78 is 0. The van der Waals surface area contributed by atoms with Crippen molar-refractivity contribution in [3.8, 4) is 0 Å². The Morgan fingerprint density at radius 1 is 1.14 bits per heavy atom. The topological polar surface area (TPSA) is 35.5 Å². The number of nitrogens with zero attached hydrogens (tertiary/aromatic N) is 1. The molecule has 2 aliphatic heterocycles. The Hall–Kier alpha value is -0.120. The van der Waals surface area contributed by atoms with E-state index in [4.69, 9.17) is 0 Å². The molecule has 2 rings (SSSR count). The van der Waals surface area contributed by atoms with Crippen molar-refractivity contribution in [3.63, 3.8) is 0 Å². The lowest BCUT2D eigenvalue weighted by Crippen LogP contribution is -2.49. The molecule has 0 aromatic rings. The van der Waals surface area contributed by atoms with Crippen LogP contribution >= 0.6 is 0 Å².